The summed E-state index contributed by atoms with van der Waals surface area (Å²) in [5, 5.41) is 7.15. The fraction of sp³-hybridized carbons (Fsp3) is 0.588. The van der Waals surface area contributed by atoms with Crippen molar-refractivity contribution in [2.75, 3.05) is 39.3 Å². The number of nitrogens with one attached hydrogen (secondary N) is 2. The molecule has 9 heteroatoms. The summed E-state index contributed by atoms with van der Waals surface area (Å²) in [5.41, 5.74) is 0.894. The topological polar surface area (TPSA) is 79.8 Å². The van der Waals surface area contributed by atoms with Crippen molar-refractivity contribution in [2.45, 2.75) is 19.3 Å². The molecule has 148 valence electrons. The molecule has 0 bridgehead atoms. The molecule has 0 saturated heterocycles. The molecule has 0 radical (unpaired) electrons. The maximum Gasteiger partial charge on any atom is 0.191 e. The maximum absolute atomic E-state index is 11.5. The van der Waals surface area contributed by atoms with E-state index in [1.165, 1.54) is 6.26 Å². The average molecular weight is 516 g/mol. The molecular formula is C17H27ClIN3O3S. The molecule has 0 atom stereocenters. The molecule has 2 rings (SSSR count). The Bertz CT molecular complexity index is 737. The van der Waals surface area contributed by atoms with Gasteiger partial charge in [-0.15, -0.1) is 24.0 Å². The fourth-order valence-corrected chi connectivity index (χ4v) is 4.54. The van der Waals surface area contributed by atoms with Crippen molar-refractivity contribution in [3.8, 4) is 5.75 Å². The van der Waals surface area contributed by atoms with E-state index in [9.17, 15) is 8.42 Å². The number of halogens is 2. The Kier molecular flexibility index (Phi) is 8.95. The summed E-state index contributed by atoms with van der Waals surface area (Å²) >= 11 is 6.24. The van der Waals surface area contributed by atoms with Crippen molar-refractivity contribution in [2.24, 2.45) is 10.4 Å². The number of nitrogens with zero attached hydrogens (tertiary/aromatic N) is 1. The van der Waals surface area contributed by atoms with Crippen LogP contribution in [0.5, 0.6) is 5.75 Å². The van der Waals surface area contributed by atoms with Crippen LogP contribution in [0, 0.1) is 5.41 Å². The highest BCUT2D eigenvalue weighted by Gasteiger charge is 2.45. The molecule has 0 aliphatic heterocycles. The second kappa shape index (κ2) is 9.98. The monoisotopic (exact) mass is 515 g/mol. The largest absolute Gasteiger partial charge is 0.497 e. The van der Waals surface area contributed by atoms with Crippen molar-refractivity contribution in [3.05, 3.63) is 28.8 Å². The first-order valence-corrected chi connectivity index (χ1v) is 10.7. The second-order valence-electron chi connectivity index (χ2n) is 6.63. The number of rotatable bonds is 8. The number of guanidine groups is 1. The molecule has 0 heterocycles. The first-order valence-electron chi connectivity index (χ1n) is 8.22. The van der Waals surface area contributed by atoms with Gasteiger partial charge in [-0.2, -0.15) is 0 Å². The van der Waals surface area contributed by atoms with Gasteiger partial charge in [0.15, 0.2) is 5.96 Å². The van der Waals surface area contributed by atoms with Crippen LogP contribution in [0.1, 0.15) is 18.4 Å². The van der Waals surface area contributed by atoms with Gasteiger partial charge in [-0.25, -0.2) is 8.42 Å². The van der Waals surface area contributed by atoms with E-state index in [1.807, 2.05) is 12.1 Å². The molecule has 0 unspecified atom stereocenters. The van der Waals surface area contributed by atoms with Gasteiger partial charge < -0.3 is 15.4 Å². The van der Waals surface area contributed by atoms with Crippen molar-refractivity contribution in [3.63, 3.8) is 0 Å². The Labute approximate surface area is 178 Å². The molecule has 1 saturated carbocycles. The van der Waals surface area contributed by atoms with Crippen LogP contribution in [-0.4, -0.2) is 53.6 Å². The lowest BCUT2D eigenvalue weighted by atomic mass is 10.1. The second-order valence-corrected chi connectivity index (χ2v) is 9.18. The van der Waals surface area contributed by atoms with Crippen molar-refractivity contribution < 1.29 is 13.2 Å². The van der Waals surface area contributed by atoms with Crippen LogP contribution in [0.4, 0.5) is 0 Å². The Hall–Kier alpha value is -0.740. The quantitative estimate of drug-likeness (QED) is 0.316. The average Bonchev–Trinajstić information content (AvgIpc) is 3.29. The van der Waals surface area contributed by atoms with Gasteiger partial charge in [0.2, 0.25) is 0 Å². The molecule has 6 nitrogen and oxygen atoms in total. The standard InChI is InChI=1S/C17H26ClN3O3S.HI/c1-19-16(21-11-17(7-8-17)12-25(3,22)23)20-9-6-13-4-5-14(24-2)10-15(13)18;/h4-5,10H,6-9,11-12H2,1-3H3,(H2,19,20,21);1H. The van der Waals surface area contributed by atoms with Crippen molar-refractivity contribution in [1.29, 1.82) is 0 Å². The zero-order chi connectivity index (χ0) is 18.5. The number of aliphatic imine (C=N–C) groups is 1. The van der Waals surface area contributed by atoms with Crippen molar-refractivity contribution in [1.82, 2.24) is 10.6 Å². The lowest BCUT2D eigenvalue weighted by Crippen LogP contribution is -2.42. The highest BCUT2D eigenvalue weighted by molar-refractivity contribution is 14.0. The SMILES string of the molecule is CN=C(NCCc1ccc(OC)cc1Cl)NCC1(CS(C)(=O)=O)CC1.I. The third kappa shape index (κ3) is 7.48. The minimum absolute atomic E-state index is 0. The number of sulfone groups is 1. The van der Waals surface area contributed by atoms with Crippen LogP contribution in [0.15, 0.2) is 23.2 Å². The summed E-state index contributed by atoms with van der Waals surface area (Å²) in [4.78, 5) is 4.19. The maximum atomic E-state index is 11.5. The molecule has 0 spiro atoms. The summed E-state index contributed by atoms with van der Waals surface area (Å²) in [7, 11) is 0.348. The van der Waals surface area contributed by atoms with Gasteiger partial charge in [-0.05, 0) is 37.0 Å². The van der Waals surface area contributed by atoms with Crippen LogP contribution in [0.25, 0.3) is 0 Å². The number of benzene rings is 1. The van der Waals surface area contributed by atoms with Gasteiger partial charge in [-0.3, -0.25) is 4.99 Å². The normalized spacial score (nSPS) is 15.8. The first-order chi connectivity index (χ1) is 11.8. The number of hydrogen-bond donors (Lipinski definition) is 2. The van der Waals surface area contributed by atoms with E-state index in [0.717, 1.165) is 30.6 Å². The fourth-order valence-electron chi connectivity index (χ4n) is 2.77. The van der Waals surface area contributed by atoms with Crippen LogP contribution >= 0.6 is 35.6 Å². The van der Waals surface area contributed by atoms with Gasteiger partial charge in [0.25, 0.3) is 0 Å². The van der Waals surface area contributed by atoms with Crippen LogP contribution in [-0.2, 0) is 16.3 Å². The van der Waals surface area contributed by atoms with E-state index in [4.69, 9.17) is 16.3 Å². The summed E-state index contributed by atoms with van der Waals surface area (Å²) in [6, 6.07) is 5.63. The van der Waals surface area contributed by atoms with Gasteiger partial charge >= 0.3 is 0 Å². The molecule has 1 aliphatic rings. The van der Waals surface area contributed by atoms with E-state index in [2.05, 4.69) is 15.6 Å². The van der Waals surface area contributed by atoms with Crippen molar-refractivity contribution >= 4 is 51.4 Å². The molecule has 0 amide bonds. The molecule has 2 N–H and O–H groups in total. The highest BCUT2D eigenvalue weighted by Crippen LogP contribution is 2.45. The van der Waals surface area contributed by atoms with E-state index in [-0.39, 0.29) is 35.1 Å². The van der Waals surface area contributed by atoms with E-state index >= 15 is 0 Å². The molecule has 1 aromatic rings. The van der Waals surface area contributed by atoms with E-state index in [1.54, 1.807) is 20.2 Å². The first kappa shape index (κ1) is 23.3. The van der Waals surface area contributed by atoms with Gasteiger partial charge in [0, 0.05) is 36.8 Å². The molecule has 1 aromatic carbocycles. The van der Waals surface area contributed by atoms with Crippen LogP contribution < -0.4 is 15.4 Å². The number of ether oxygens (including phenoxy) is 1. The summed E-state index contributed by atoms with van der Waals surface area (Å²) < 4.78 is 28.2. The summed E-state index contributed by atoms with van der Waals surface area (Å²) in [6.07, 6.45) is 3.91. The zero-order valence-corrected chi connectivity index (χ0v) is 19.2. The van der Waals surface area contributed by atoms with E-state index in [0.29, 0.717) is 24.1 Å². The minimum Gasteiger partial charge on any atom is -0.497 e. The molecule has 1 aliphatic carbocycles. The molecule has 26 heavy (non-hydrogen) atoms. The molecular weight excluding hydrogens is 489 g/mol. The van der Waals surface area contributed by atoms with E-state index < -0.39 is 9.84 Å². The predicted octanol–water partition coefficient (Wildman–Crippen LogP) is 2.50. The summed E-state index contributed by atoms with van der Waals surface area (Å²) in [5.74, 6) is 1.63. The van der Waals surface area contributed by atoms with Gasteiger partial charge in [0.1, 0.15) is 15.6 Å². The Morgan fingerprint density at radius 2 is 2.04 bits per heavy atom. The Morgan fingerprint density at radius 1 is 1.35 bits per heavy atom. The lowest BCUT2D eigenvalue weighted by molar-refractivity contribution is 0.414. The molecule has 0 aromatic heterocycles. The highest BCUT2D eigenvalue weighted by atomic mass is 127. The number of hydrogen-bond acceptors (Lipinski definition) is 4. The third-order valence-corrected chi connectivity index (χ3v) is 5.82. The number of methoxy groups -OCH3 is 1. The predicted molar refractivity (Wildman–Crippen MR) is 118 cm³/mol. The van der Waals surface area contributed by atoms with Gasteiger partial charge in [-0.1, -0.05) is 17.7 Å². The Morgan fingerprint density at radius 3 is 2.54 bits per heavy atom. The Balaban J connectivity index is 0.00000338. The lowest BCUT2D eigenvalue weighted by Gasteiger charge is -2.18. The minimum atomic E-state index is -2.96. The van der Waals surface area contributed by atoms with Crippen LogP contribution in [0.3, 0.4) is 0 Å². The summed E-state index contributed by atoms with van der Waals surface area (Å²) in [6.45, 7) is 1.29. The molecule has 1 fully saturated rings. The smallest absolute Gasteiger partial charge is 0.191 e. The van der Waals surface area contributed by atoms with Crippen LogP contribution in [0.2, 0.25) is 5.02 Å². The zero-order valence-electron chi connectivity index (χ0n) is 15.3. The van der Waals surface area contributed by atoms with Gasteiger partial charge in [0.05, 0.1) is 12.9 Å². The third-order valence-electron chi connectivity index (χ3n) is 4.33.